The van der Waals surface area contributed by atoms with Gasteiger partial charge in [0.2, 0.25) is 6.49 Å². The van der Waals surface area contributed by atoms with Crippen LogP contribution in [0.25, 0.3) is 0 Å². The third-order valence-corrected chi connectivity index (χ3v) is 5.33. The van der Waals surface area contributed by atoms with Gasteiger partial charge >= 0.3 is 7.60 Å². The predicted octanol–water partition coefficient (Wildman–Crippen LogP) is -0.583. The molecule has 0 aliphatic rings. The summed E-state index contributed by atoms with van der Waals surface area (Å²) in [5, 5.41) is -1.95. The average Bonchev–Trinajstić information content (AvgIpc) is 1.56. The predicted molar refractivity (Wildman–Crippen MR) is 43.4 cm³/mol. The zero-order valence-electron chi connectivity index (χ0n) is 5.15. The fraction of sp³-hybridized carbons (Fsp3) is 0.333. The second kappa shape index (κ2) is 3.34. The van der Waals surface area contributed by atoms with E-state index in [0.29, 0.717) is 0 Å². The van der Waals surface area contributed by atoms with Crippen LogP contribution in [0.1, 0.15) is 0 Å². The molecule has 0 rings (SSSR count). The molecular formula is C3H6O5P2S. The number of hydrogen-bond acceptors (Lipinski definition) is 2. The van der Waals surface area contributed by atoms with E-state index in [0.717, 1.165) is 0 Å². The molecule has 0 aliphatic heterocycles. The molecule has 0 fully saturated rings. The van der Waals surface area contributed by atoms with Gasteiger partial charge in [-0.25, -0.2) is 0 Å². The van der Waals surface area contributed by atoms with Crippen molar-refractivity contribution >= 4 is 25.9 Å². The first-order valence-corrected chi connectivity index (χ1v) is 6.72. The lowest BCUT2D eigenvalue weighted by Crippen LogP contribution is -2.05. The van der Waals surface area contributed by atoms with Crippen molar-refractivity contribution < 1.29 is 24.1 Å². The molecule has 0 aliphatic carbocycles. The second-order valence-corrected chi connectivity index (χ2v) is 7.13. The second-order valence-electron chi connectivity index (χ2n) is 1.72. The molecule has 1 atom stereocenters. The molecular weight excluding hydrogens is 210 g/mol. The molecule has 0 aromatic rings. The van der Waals surface area contributed by atoms with Crippen molar-refractivity contribution in [1.82, 2.24) is 0 Å². The van der Waals surface area contributed by atoms with E-state index in [9.17, 15) is 4.57 Å². The molecule has 0 aromatic carbocycles. The molecule has 0 spiro atoms. The Labute approximate surface area is 68.4 Å². The highest BCUT2D eigenvalue weighted by atomic mass is 32.5. The first-order valence-electron chi connectivity index (χ1n) is 2.26. The SMILES string of the molecule is C#CC(P(=O)(O)O)P(O)(O)=S. The van der Waals surface area contributed by atoms with Crippen LogP contribution >= 0.6 is 14.1 Å². The molecule has 0 saturated carbocycles. The van der Waals surface area contributed by atoms with E-state index in [1.54, 1.807) is 5.92 Å². The van der Waals surface area contributed by atoms with E-state index in [4.69, 9.17) is 19.6 Å². The van der Waals surface area contributed by atoms with Crippen molar-refractivity contribution in [2.75, 3.05) is 0 Å². The quantitative estimate of drug-likeness (QED) is 0.364. The maximum absolute atomic E-state index is 10.4. The summed E-state index contributed by atoms with van der Waals surface area (Å²) in [5.41, 5.74) is 0. The highest BCUT2D eigenvalue weighted by Gasteiger charge is 2.37. The van der Waals surface area contributed by atoms with Crippen molar-refractivity contribution in [3.63, 3.8) is 0 Å². The van der Waals surface area contributed by atoms with Gasteiger partial charge < -0.3 is 19.6 Å². The van der Waals surface area contributed by atoms with Gasteiger partial charge in [0.15, 0.2) is 5.40 Å². The average molecular weight is 216 g/mol. The first-order chi connectivity index (χ1) is 4.69. The molecule has 11 heavy (non-hydrogen) atoms. The van der Waals surface area contributed by atoms with Crippen molar-refractivity contribution in [2.24, 2.45) is 0 Å². The smallest absolute Gasteiger partial charge is 0.344 e. The minimum atomic E-state index is -4.69. The molecule has 8 heteroatoms. The summed E-state index contributed by atoms with van der Waals surface area (Å²) < 4.78 is 10.4. The maximum atomic E-state index is 10.4. The van der Waals surface area contributed by atoms with Crippen LogP contribution in [0.5, 0.6) is 0 Å². The number of terminal acetylenes is 1. The van der Waals surface area contributed by atoms with Crippen LogP contribution in [0.2, 0.25) is 0 Å². The number of hydrogen-bond donors (Lipinski definition) is 4. The Kier molecular flexibility index (Phi) is 3.43. The molecule has 4 N–H and O–H groups in total. The van der Waals surface area contributed by atoms with E-state index >= 15 is 0 Å². The van der Waals surface area contributed by atoms with Crippen LogP contribution in [0, 0.1) is 12.3 Å². The lowest BCUT2D eigenvalue weighted by Gasteiger charge is -2.16. The summed E-state index contributed by atoms with van der Waals surface area (Å²) in [6, 6.07) is 0. The zero-order chi connectivity index (χ0) is 9.28. The summed E-state index contributed by atoms with van der Waals surface area (Å²) in [6.45, 7) is -4.06. The summed E-state index contributed by atoms with van der Waals surface area (Å²) >= 11 is 4.04. The summed E-state index contributed by atoms with van der Waals surface area (Å²) in [7, 11) is -4.69. The van der Waals surface area contributed by atoms with Gasteiger partial charge in [-0.05, 0) is 11.8 Å². The molecule has 1 unspecified atom stereocenters. The fourth-order valence-corrected chi connectivity index (χ4v) is 3.63. The number of rotatable bonds is 2. The normalized spacial score (nSPS) is 15.5. The lowest BCUT2D eigenvalue weighted by atomic mass is 10.8. The van der Waals surface area contributed by atoms with E-state index in [2.05, 4.69) is 18.2 Å². The van der Waals surface area contributed by atoms with Crippen LogP contribution in [0.15, 0.2) is 0 Å². The van der Waals surface area contributed by atoms with E-state index < -0.39 is 19.5 Å². The minimum Gasteiger partial charge on any atom is -0.344 e. The molecule has 0 heterocycles. The fourth-order valence-electron chi connectivity index (χ4n) is 0.390. The van der Waals surface area contributed by atoms with Gasteiger partial charge in [0.25, 0.3) is 0 Å². The Bertz CT molecular complexity index is 246. The molecule has 0 saturated heterocycles. The highest BCUT2D eigenvalue weighted by molar-refractivity contribution is 8.12. The van der Waals surface area contributed by atoms with E-state index in [-0.39, 0.29) is 0 Å². The van der Waals surface area contributed by atoms with E-state index in [1.165, 1.54) is 0 Å². The van der Waals surface area contributed by atoms with Crippen LogP contribution < -0.4 is 0 Å². The largest absolute Gasteiger partial charge is 0.350 e. The Balaban J connectivity index is 4.92. The standard InChI is InChI=1S/C3H6O5P2S/c1-2-3(9(4,5)6)10(7,8)11/h1,3H,(H2,4,5,6)(H2,7,8,11). The summed E-state index contributed by atoms with van der Waals surface area (Å²) in [6.07, 6.45) is 4.64. The Morgan fingerprint density at radius 2 is 1.73 bits per heavy atom. The van der Waals surface area contributed by atoms with Gasteiger partial charge in [-0.2, -0.15) is 0 Å². The van der Waals surface area contributed by atoms with Gasteiger partial charge in [0.1, 0.15) is 0 Å². The third-order valence-electron chi connectivity index (χ3n) is 0.786. The molecule has 0 amide bonds. The minimum absolute atomic E-state index is 1.56. The van der Waals surface area contributed by atoms with Gasteiger partial charge in [-0.1, -0.05) is 5.92 Å². The lowest BCUT2D eigenvalue weighted by molar-refractivity contribution is 0.369. The first kappa shape index (κ1) is 11.3. The molecule has 0 radical (unpaired) electrons. The Morgan fingerprint density at radius 1 is 1.36 bits per heavy atom. The Morgan fingerprint density at radius 3 is 1.73 bits per heavy atom. The van der Waals surface area contributed by atoms with Crippen molar-refractivity contribution in [3.05, 3.63) is 0 Å². The van der Waals surface area contributed by atoms with Gasteiger partial charge in [-0.15, -0.1) is 6.42 Å². The molecule has 5 nitrogen and oxygen atoms in total. The topological polar surface area (TPSA) is 98.0 Å². The van der Waals surface area contributed by atoms with Crippen molar-refractivity contribution in [1.29, 1.82) is 0 Å². The van der Waals surface area contributed by atoms with Crippen LogP contribution in [0.4, 0.5) is 0 Å². The molecule has 64 valence electrons. The summed E-state index contributed by atoms with van der Waals surface area (Å²) in [4.78, 5) is 34.2. The third kappa shape index (κ3) is 3.46. The van der Waals surface area contributed by atoms with Crippen LogP contribution in [-0.4, -0.2) is 25.0 Å². The van der Waals surface area contributed by atoms with Crippen LogP contribution in [-0.2, 0) is 16.4 Å². The van der Waals surface area contributed by atoms with Crippen molar-refractivity contribution in [3.8, 4) is 12.3 Å². The Hall–Kier alpha value is 0.280. The summed E-state index contributed by atoms with van der Waals surface area (Å²) in [5.74, 6) is 1.56. The highest BCUT2D eigenvalue weighted by Crippen LogP contribution is 2.59. The van der Waals surface area contributed by atoms with Gasteiger partial charge in [0.05, 0.1) is 0 Å². The maximum Gasteiger partial charge on any atom is 0.350 e. The van der Waals surface area contributed by atoms with Crippen LogP contribution in [0.3, 0.4) is 0 Å². The van der Waals surface area contributed by atoms with Crippen molar-refractivity contribution in [2.45, 2.75) is 5.40 Å². The monoisotopic (exact) mass is 216 g/mol. The molecule has 0 aromatic heterocycles. The van der Waals surface area contributed by atoms with E-state index in [1.807, 2.05) is 0 Å². The van der Waals surface area contributed by atoms with Gasteiger partial charge in [-0.3, -0.25) is 4.57 Å². The molecule has 0 bridgehead atoms. The zero-order valence-corrected chi connectivity index (χ0v) is 7.76. The van der Waals surface area contributed by atoms with Gasteiger partial charge in [0, 0.05) is 0 Å².